The van der Waals surface area contributed by atoms with Crippen molar-refractivity contribution in [1.82, 2.24) is 0 Å². The van der Waals surface area contributed by atoms with Gasteiger partial charge in [0.05, 0.1) is 0 Å². The Morgan fingerprint density at radius 2 is 1.62 bits per heavy atom. The Bertz CT molecular complexity index is 570. The monoisotopic (exact) mass is 283 g/mol. The molecule has 21 heavy (non-hydrogen) atoms. The lowest BCUT2D eigenvalue weighted by Crippen LogP contribution is -2.29. The first-order valence-corrected chi connectivity index (χ1v) is 7.45. The first kappa shape index (κ1) is 15.6. The second-order valence-corrected chi connectivity index (χ2v) is 6.59. The van der Waals surface area contributed by atoms with Gasteiger partial charge in [-0.15, -0.1) is 0 Å². The molecule has 0 fully saturated rings. The van der Waals surface area contributed by atoms with Crippen LogP contribution in [0.25, 0.3) is 0 Å². The zero-order chi connectivity index (χ0) is 15.5. The molecule has 0 radical (unpaired) electrons. The van der Waals surface area contributed by atoms with Gasteiger partial charge in [-0.2, -0.15) is 0 Å². The first-order chi connectivity index (χ1) is 9.88. The predicted octanol–water partition coefficient (Wildman–Crippen LogP) is 4.45. The molecule has 0 spiro atoms. The van der Waals surface area contributed by atoms with Crippen molar-refractivity contribution in [1.29, 1.82) is 0 Å². The molecule has 2 aromatic rings. The van der Waals surface area contributed by atoms with Crippen LogP contribution >= 0.6 is 0 Å². The molecule has 0 aliphatic heterocycles. The van der Waals surface area contributed by atoms with Gasteiger partial charge in [0.15, 0.2) is 0 Å². The van der Waals surface area contributed by atoms with Gasteiger partial charge in [-0.25, -0.2) is 0 Å². The quantitative estimate of drug-likeness (QED) is 0.899. The summed E-state index contributed by atoms with van der Waals surface area (Å²) in [6, 6.07) is 18.3. The van der Waals surface area contributed by atoms with Crippen LogP contribution < -0.4 is 10.5 Å². The van der Waals surface area contributed by atoms with E-state index < -0.39 is 0 Å². The van der Waals surface area contributed by atoms with E-state index in [1.165, 1.54) is 5.56 Å². The van der Waals surface area contributed by atoms with E-state index in [0.717, 1.165) is 11.3 Å². The van der Waals surface area contributed by atoms with Crippen LogP contribution in [0.1, 0.15) is 44.9 Å². The van der Waals surface area contributed by atoms with Crippen LogP contribution in [0.15, 0.2) is 54.6 Å². The van der Waals surface area contributed by atoms with Crippen molar-refractivity contribution in [2.45, 2.75) is 45.3 Å². The molecular formula is C19H25NO. The molecule has 0 saturated carbocycles. The summed E-state index contributed by atoms with van der Waals surface area (Å²) in [5.41, 5.74) is 8.59. The maximum Gasteiger partial charge on any atom is 0.138 e. The number of hydrogen-bond donors (Lipinski definition) is 1. The van der Waals surface area contributed by atoms with Crippen molar-refractivity contribution < 1.29 is 4.74 Å². The van der Waals surface area contributed by atoms with Crippen molar-refractivity contribution in [3.63, 3.8) is 0 Å². The molecule has 2 N–H and O–H groups in total. The molecule has 0 bridgehead atoms. The molecule has 0 saturated heterocycles. The predicted molar refractivity (Wildman–Crippen MR) is 88.6 cm³/mol. The molecule has 112 valence electrons. The average molecular weight is 283 g/mol. The minimum absolute atomic E-state index is 0.0781. The summed E-state index contributed by atoms with van der Waals surface area (Å²) in [4.78, 5) is 0. The van der Waals surface area contributed by atoms with Gasteiger partial charge in [-0.3, -0.25) is 0 Å². The molecule has 0 heterocycles. The van der Waals surface area contributed by atoms with Gasteiger partial charge in [0, 0.05) is 6.04 Å². The minimum atomic E-state index is -0.138. The highest BCUT2D eigenvalue weighted by Gasteiger charge is 2.19. The maximum atomic E-state index is 6.17. The number of benzene rings is 2. The van der Waals surface area contributed by atoms with Gasteiger partial charge >= 0.3 is 0 Å². The summed E-state index contributed by atoms with van der Waals surface area (Å²) >= 11 is 0. The zero-order valence-corrected chi connectivity index (χ0v) is 13.3. The lowest BCUT2D eigenvalue weighted by Gasteiger charge is -2.25. The fourth-order valence-corrected chi connectivity index (χ4v) is 2.30. The third-order valence-electron chi connectivity index (χ3n) is 3.57. The highest BCUT2D eigenvalue weighted by atomic mass is 16.5. The molecule has 2 aromatic carbocycles. The van der Waals surface area contributed by atoms with Gasteiger partial charge in [0.25, 0.3) is 0 Å². The average Bonchev–Trinajstić information content (AvgIpc) is 2.45. The second-order valence-electron chi connectivity index (χ2n) is 6.59. The Labute approximate surface area is 127 Å². The standard InChI is InChI=1S/C19H25NO/c1-14(20)18(15-9-6-5-7-10-15)21-17-12-8-11-16(13-17)19(2,3)4/h5-14,18H,20H2,1-4H3. The van der Waals surface area contributed by atoms with Crippen LogP contribution in [0.3, 0.4) is 0 Å². The van der Waals surface area contributed by atoms with E-state index in [4.69, 9.17) is 10.5 Å². The Morgan fingerprint density at radius 3 is 2.19 bits per heavy atom. The van der Waals surface area contributed by atoms with Crippen LogP contribution in [0.2, 0.25) is 0 Å². The van der Waals surface area contributed by atoms with Crippen LogP contribution in [0.5, 0.6) is 5.75 Å². The molecule has 2 unspecified atom stereocenters. The lowest BCUT2D eigenvalue weighted by atomic mass is 9.87. The van der Waals surface area contributed by atoms with E-state index in [1.54, 1.807) is 0 Å². The summed E-state index contributed by atoms with van der Waals surface area (Å²) in [6.45, 7) is 8.58. The van der Waals surface area contributed by atoms with Crippen molar-refractivity contribution in [3.8, 4) is 5.75 Å². The van der Waals surface area contributed by atoms with Gasteiger partial charge < -0.3 is 10.5 Å². The fraction of sp³-hybridized carbons (Fsp3) is 0.368. The largest absolute Gasteiger partial charge is 0.484 e. The first-order valence-electron chi connectivity index (χ1n) is 7.45. The SMILES string of the molecule is CC(N)C(Oc1cccc(C(C)(C)C)c1)c1ccccc1. The normalized spacial score (nSPS) is 14.5. The molecule has 0 aliphatic carbocycles. The molecule has 2 nitrogen and oxygen atoms in total. The summed E-state index contributed by atoms with van der Waals surface area (Å²) < 4.78 is 6.17. The van der Waals surface area contributed by atoms with E-state index in [1.807, 2.05) is 37.3 Å². The molecule has 0 aromatic heterocycles. The molecule has 0 amide bonds. The van der Waals surface area contributed by atoms with Crippen molar-refractivity contribution in [3.05, 3.63) is 65.7 Å². The highest BCUT2D eigenvalue weighted by Crippen LogP contribution is 2.29. The van der Waals surface area contributed by atoms with Gasteiger partial charge in [0.1, 0.15) is 11.9 Å². The highest BCUT2D eigenvalue weighted by molar-refractivity contribution is 5.33. The van der Waals surface area contributed by atoms with Crippen molar-refractivity contribution >= 4 is 0 Å². The van der Waals surface area contributed by atoms with Crippen molar-refractivity contribution in [2.75, 3.05) is 0 Å². The molecular weight excluding hydrogens is 258 g/mol. The minimum Gasteiger partial charge on any atom is -0.484 e. The topological polar surface area (TPSA) is 35.2 Å². The van der Waals surface area contributed by atoms with Crippen molar-refractivity contribution in [2.24, 2.45) is 5.73 Å². The fourth-order valence-electron chi connectivity index (χ4n) is 2.30. The number of hydrogen-bond acceptors (Lipinski definition) is 2. The number of nitrogens with two attached hydrogens (primary N) is 1. The summed E-state index contributed by atoms with van der Waals surface area (Å²) in [5, 5.41) is 0. The molecule has 2 atom stereocenters. The maximum absolute atomic E-state index is 6.17. The lowest BCUT2D eigenvalue weighted by molar-refractivity contribution is 0.180. The van der Waals surface area contributed by atoms with Gasteiger partial charge in [0.2, 0.25) is 0 Å². The second kappa shape index (κ2) is 6.31. The Balaban J connectivity index is 2.26. The third kappa shape index (κ3) is 4.08. The smallest absolute Gasteiger partial charge is 0.138 e. The summed E-state index contributed by atoms with van der Waals surface area (Å²) in [7, 11) is 0. The van der Waals surface area contributed by atoms with Crippen LogP contribution in [-0.4, -0.2) is 6.04 Å². The van der Waals surface area contributed by atoms with Gasteiger partial charge in [-0.1, -0.05) is 63.2 Å². The van der Waals surface area contributed by atoms with Crippen LogP contribution in [0.4, 0.5) is 0 Å². The summed E-state index contributed by atoms with van der Waals surface area (Å²) in [6.07, 6.45) is -0.138. The Morgan fingerprint density at radius 1 is 0.952 bits per heavy atom. The van der Waals surface area contributed by atoms with E-state index in [-0.39, 0.29) is 17.6 Å². The van der Waals surface area contributed by atoms with E-state index >= 15 is 0 Å². The molecule has 2 heteroatoms. The van der Waals surface area contributed by atoms with Gasteiger partial charge in [-0.05, 0) is 35.6 Å². The summed E-state index contributed by atoms with van der Waals surface area (Å²) in [5.74, 6) is 0.869. The van der Waals surface area contributed by atoms with E-state index in [2.05, 4.69) is 45.0 Å². The molecule has 0 aliphatic rings. The third-order valence-corrected chi connectivity index (χ3v) is 3.57. The zero-order valence-electron chi connectivity index (χ0n) is 13.3. The van der Waals surface area contributed by atoms with Crippen LogP contribution in [0, 0.1) is 0 Å². The number of ether oxygens (including phenoxy) is 1. The van der Waals surface area contributed by atoms with E-state index in [0.29, 0.717) is 0 Å². The molecule has 2 rings (SSSR count). The Hall–Kier alpha value is -1.80. The van der Waals surface area contributed by atoms with Crippen LogP contribution in [-0.2, 0) is 5.41 Å². The van der Waals surface area contributed by atoms with E-state index in [9.17, 15) is 0 Å². The Kier molecular flexibility index (Phi) is 4.69. The number of rotatable bonds is 4.